The van der Waals surface area contributed by atoms with E-state index in [9.17, 15) is 9.59 Å². The molecule has 1 N–H and O–H groups in total. The van der Waals surface area contributed by atoms with E-state index in [-0.39, 0.29) is 11.3 Å². The summed E-state index contributed by atoms with van der Waals surface area (Å²) in [5.41, 5.74) is 0.749. The average molecular weight is 224 g/mol. The molecule has 5 nitrogen and oxygen atoms in total. The maximum absolute atomic E-state index is 11.4. The van der Waals surface area contributed by atoms with Gasteiger partial charge in [0.1, 0.15) is 11.5 Å². The lowest BCUT2D eigenvalue weighted by atomic mass is 10.1. The number of carboxylic acids is 1. The van der Waals surface area contributed by atoms with Crippen LogP contribution in [0.3, 0.4) is 0 Å². The van der Waals surface area contributed by atoms with Crippen LogP contribution in [0.15, 0.2) is 12.1 Å². The zero-order valence-electron chi connectivity index (χ0n) is 9.23. The highest BCUT2D eigenvalue weighted by molar-refractivity contribution is 6.40. The van der Waals surface area contributed by atoms with Crippen LogP contribution in [0.5, 0.6) is 11.5 Å². The van der Waals surface area contributed by atoms with Crippen LogP contribution in [0.4, 0.5) is 0 Å². The molecule has 0 radical (unpaired) electrons. The third kappa shape index (κ3) is 2.13. The van der Waals surface area contributed by atoms with Gasteiger partial charge in [-0.25, -0.2) is 4.79 Å². The summed E-state index contributed by atoms with van der Waals surface area (Å²) in [7, 11) is 2.82. The van der Waals surface area contributed by atoms with Crippen LogP contribution in [0.1, 0.15) is 15.9 Å². The first kappa shape index (κ1) is 12.0. The first-order valence-corrected chi connectivity index (χ1v) is 4.51. The minimum atomic E-state index is -1.52. The largest absolute Gasteiger partial charge is 0.496 e. The quantitative estimate of drug-likeness (QED) is 0.616. The second-order valence-electron chi connectivity index (χ2n) is 3.16. The van der Waals surface area contributed by atoms with Gasteiger partial charge < -0.3 is 14.6 Å². The Hall–Kier alpha value is -2.04. The minimum absolute atomic E-state index is 0.0162. The maximum Gasteiger partial charge on any atom is 0.377 e. The fraction of sp³-hybridized carbons (Fsp3) is 0.273. The molecule has 0 aliphatic carbocycles. The lowest BCUT2D eigenvalue weighted by molar-refractivity contribution is -0.131. The monoisotopic (exact) mass is 224 g/mol. The Balaban J connectivity index is 3.35. The van der Waals surface area contributed by atoms with Crippen molar-refractivity contribution in [3.63, 3.8) is 0 Å². The van der Waals surface area contributed by atoms with E-state index in [1.165, 1.54) is 20.3 Å². The van der Waals surface area contributed by atoms with Crippen LogP contribution in [0.25, 0.3) is 0 Å². The second kappa shape index (κ2) is 4.65. The van der Waals surface area contributed by atoms with Crippen molar-refractivity contribution in [2.24, 2.45) is 0 Å². The topological polar surface area (TPSA) is 72.8 Å². The Morgan fingerprint density at radius 1 is 1.12 bits per heavy atom. The van der Waals surface area contributed by atoms with Crippen molar-refractivity contribution in [3.05, 3.63) is 23.3 Å². The molecule has 0 bridgehead atoms. The summed E-state index contributed by atoms with van der Waals surface area (Å²) >= 11 is 0. The Morgan fingerprint density at radius 2 is 1.69 bits per heavy atom. The maximum atomic E-state index is 11.4. The molecule has 0 aromatic heterocycles. The standard InChI is InChI=1S/C11H12O5/c1-6-4-9(16-3)7(5-8(6)15-2)10(12)11(13)14/h4-5H,1-3H3,(H,13,14). The van der Waals surface area contributed by atoms with Crippen molar-refractivity contribution in [1.29, 1.82) is 0 Å². The molecule has 5 heteroatoms. The Bertz CT molecular complexity index is 436. The molecule has 0 saturated heterocycles. The van der Waals surface area contributed by atoms with Crippen molar-refractivity contribution in [1.82, 2.24) is 0 Å². The average Bonchev–Trinajstić information content (AvgIpc) is 2.27. The van der Waals surface area contributed by atoms with Crippen molar-refractivity contribution in [3.8, 4) is 11.5 Å². The molecular weight excluding hydrogens is 212 g/mol. The van der Waals surface area contributed by atoms with Crippen molar-refractivity contribution in [2.75, 3.05) is 14.2 Å². The van der Waals surface area contributed by atoms with Gasteiger partial charge in [0.15, 0.2) is 0 Å². The molecule has 0 aliphatic heterocycles. The molecule has 0 atom stereocenters. The molecular formula is C11H12O5. The van der Waals surface area contributed by atoms with Gasteiger partial charge in [0.25, 0.3) is 5.78 Å². The highest BCUT2D eigenvalue weighted by Crippen LogP contribution is 2.28. The van der Waals surface area contributed by atoms with Crippen molar-refractivity contribution in [2.45, 2.75) is 6.92 Å². The van der Waals surface area contributed by atoms with Gasteiger partial charge in [-0.15, -0.1) is 0 Å². The molecule has 0 fully saturated rings. The van der Waals surface area contributed by atoms with Crippen LogP contribution in [-0.4, -0.2) is 31.1 Å². The number of carboxylic acid groups (broad SMARTS) is 1. The summed E-state index contributed by atoms with van der Waals surface area (Å²) in [6, 6.07) is 2.93. The number of hydrogen-bond donors (Lipinski definition) is 1. The van der Waals surface area contributed by atoms with Gasteiger partial charge in [-0.3, -0.25) is 4.79 Å². The van der Waals surface area contributed by atoms with Crippen LogP contribution in [0, 0.1) is 6.92 Å². The third-order valence-electron chi connectivity index (χ3n) is 2.16. The smallest absolute Gasteiger partial charge is 0.377 e. The fourth-order valence-corrected chi connectivity index (χ4v) is 1.34. The molecule has 0 spiro atoms. The molecule has 1 aromatic rings. The van der Waals surface area contributed by atoms with Crippen LogP contribution < -0.4 is 9.47 Å². The Labute approximate surface area is 92.6 Å². The SMILES string of the molecule is COc1cc(C(=O)C(=O)O)c(OC)cc1C. The van der Waals surface area contributed by atoms with Gasteiger partial charge in [0.05, 0.1) is 19.8 Å². The summed E-state index contributed by atoms with van der Waals surface area (Å²) in [5.74, 6) is -1.87. The normalized spacial score (nSPS) is 9.69. The lowest BCUT2D eigenvalue weighted by Gasteiger charge is -2.10. The Kier molecular flexibility index (Phi) is 3.50. The summed E-state index contributed by atoms with van der Waals surface area (Å²) in [6.45, 7) is 1.77. The second-order valence-corrected chi connectivity index (χ2v) is 3.16. The van der Waals surface area contributed by atoms with Crippen LogP contribution in [0.2, 0.25) is 0 Å². The summed E-state index contributed by atoms with van der Waals surface area (Å²) in [6.07, 6.45) is 0. The fourth-order valence-electron chi connectivity index (χ4n) is 1.34. The molecule has 0 heterocycles. The lowest BCUT2D eigenvalue weighted by Crippen LogP contribution is -2.14. The molecule has 0 saturated carbocycles. The predicted molar refractivity (Wildman–Crippen MR) is 56.2 cm³/mol. The summed E-state index contributed by atoms with van der Waals surface area (Å²) in [4.78, 5) is 22.0. The van der Waals surface area contributed by atoms with E-state index in [1.807, 2.05) is 0 Å². The van der Waals surface area contributed by atoms with Gasteiger partial charge in [-0.2, -0.15) is 0 Å². The zero-order valence-corrected chi connectivity index (χ0v) is 9.23. The van der Waals surface area contributed by atoms with Crippen LogP contribution >= 0.6 is 0 Å². The van der Waals surface area contributed by atoms with E-state index in [0.29, 0.717) is 5.75 Å². The molecule has 16 heavy (non-hydrogen) atoms. The van der Waals surface area contributed by atoms with E-state index < -0.39 is 11.8 Å². The van der Waals surface area contributed by atoms with Crippen LogP contribution in [-0.2, 0) is 4.79 Å². The number of aryl methyl sites for hydroxylation is 1. The van der Waals surface area contributed by atoms with Gasteiger partial charge in [0.2, 0.25) is 0 Å². The first-order chi connectivity index (χ1) is 7.51. The highest BCUT2D eigenvalue weighted by Gasteiger charge is 2.21. The number of Topliss-reactive ketones (excluding diaryl/α,β-unsaturated/α-hetero) is 1. The Morgan fingerprint density at radius 3 is 2.12 bits per heavy atom. The number of carbonyl (C=O) groups excluding carboxylic acids is 1. The molecule has 1 rings (SSSR count). The number of methoxy groups -OCH3 is 2. The van der Waals surface area contributed by atoms with Gasteiger partial charge in [-0.1, -0.05) is 0 Å². The molecule has 0 aliphatic rings. The van der Waals surface area contributed by atoms with E-state index in [1.54, 1.807) is 13.0 Å². The van der Waals surface area contributed by atoms with Gasteiger partial charge >= 0.3 is 5.97 Å². The number of ether oxygens (including phenoxy) is 2. The third-order valence-corrected chi connectivity index (χ3v) is 2.16. The molecule has 0 unspecified atom stereocenters. The predicted octanol–water partition coefficient (Wildman–Crippen LogP) is 1.28. The van der Waals surface area contributed by atoms with E-state index in [0.717, 1.165) is 5.56 Å². The number of hydrogen-bond acceptors (Lipinski definition) is 4. The zero-order chi connectivity index (χ0) is 12.3. The summed E-state index contributed by atoms with van der Waals surface area (Å²) < 4.78 is 9.97. The number of benzene rings is 1. The molecule has 0 amide bonds. The van der Waals surface area contributed by atoms with E-state index in [4.69, 9.17) is 14.6 Å². The number of carbonyl (C=O) groups is 2. The van der Waals surface area contributed by atoms with E-state index >= 15 is 0 Å². The number of rotatable bonds is 4. The van der Waals surface area contributed by atoms with E-state index in [2.05, 4.69) is 0 Å². The van der Waals surface area contributed by atoms with Crippen molar-refractivity contribution < 1.29 is 24.2 Å². The van der Waals surface area contributed by atoms with Gasteiger partial charge in [-0.05, 0) is 24.6 Å². The number of aliphatic carboxylic acids is 1. The molecule has 86 valence electrons. The van der Waals surface area contributed by atoms with Gasteiger partial charge in [0, 0.05) is 0 Å². The minimum Gasteiger partial charge on any atom is -0.496 e. The van der Waals surface area contributed by atoms with Crippen molar-refractivity contribution >= 4 is 11.8 Å². The first-order valence-electron chi connectivity index (χ1n) is 4.51. The summed E-state index contributed by atoms with van der Waals surface area (Å²) in [5, 5.41) is 8.64. The number of ketones is 1. The molecule has 1 aromatic carbocycles. The highest BCUT2D eigenvalue weighted by atomic mass is 16.5.